The van der Waals surface area contributed by atoms with Crippen molar-refractivity contribution in [2.45, 2.75) is 25.3 Å². The molecule has 3 heterocycles. The number of halogens is 2. The lowest BCUT2D eigenvalue weighted by Gasteiger charge is -2.17. The first-order valence-corrected chi connectivity index (χ1v) is 14.1. The summed E-state index contributed by atoms with van der Waals surface area (Å²) in [5, 5.41) is 26.0. The van der Waals surface area contributed by atoms with Gasteiger partial charge in [0.15, 0.2) is 0 Å². The summed E-state index contributed by atoms with van der Waals surface area (Å²) in [6.45, 7) is 0. The average Bonchev–Trinajstić information content (AvgIpc) is 3.66. The van der Waals surface area contributed by atoms with Crippen molar-refractivity contribution in [3.05, 3.63) is 117 Å². The maximum absolute atomic E-state index is 13.3. The highest BCUT2D eigenvalue weighted by Crippen LogP contribution is 2.32. The molecule has 13 heteroatoms. The first-order valence-electron chi connectivity index (χ1n) is 13.3. The molecule has 0 aliphatic rings. The van der Waals surface area contributed by atoms with Crippen molar-refractivity contribution in [3.8, 4) is 22.7 Å². The first kappa shape index (κ1) is 28.1. The number of benzene rings is 3. The Labute approximate surface area is 254 Å². The number of carbonyl (C=O) groups excluding carboxylic acids is 1. The van der Waals surface area contributed by atoms with E-state index >= 15 is 0 Å². The second-order valence-electron chi connectivity index (χ2n) is 9.90. The van der Waals surface area contributed by atoms with Crippen LogP contribution in [0.5, 0.6) is 5.75 Å². The van der Waals surface area contributed by atoms with E-state index < -0.39 is 11.6 Å². The zero-order valence-corrected chi connectivity index (χ0v) is 24.0. The van der Waals surface area contributed by atoms with E-state index in [4.69, 9.17) is 28.2 Å². The van der Waals surface area contributed by atoms with E-state index in [0.717, 1.165) is 22.9 Å². The number of aromatic hydroxyl groups is 1. The molecule has 0 spiro atoms. The van der Waals surface area contributed by atoms with Gasteiger partial charge in [0, 0.05) is 28.5 Å². The van der Waals surface area contributed by atoms with Gasteiger partial charge >= 0.3 is 0 Å². The summed E-state index contributed by atoms with van der Waals surface area (Å²) in [7, 11) is 0. The van der Waals surface area contributed by atoms with Gasteiger partial charge in [0.1, 0.15) is 28.7 Å². The van der Waals surface area contributed by atoms with Crippen LogP contribution in [0.2, 0.25) is 10.2 Å². The van der Waals surface area contributed by atoms with Crippen LogP contribution < -0.4 is 10.9 Å². The Balaban J connectivity index is 1.26. The number of nitrogens with zero attached hydrogens (tertiary/aromatic N) is 5. The summed E-state index contributed by atoms with van der Waals surface area (Å²) < 4.78 is 1.53. The molecule has 4 N–H and O–H groups in total. The third kappa shape index (κ3) is 6.27. The van der Waals surface area contributed by atoms with E-state index in [1.807, 2.05) is 30.3 Å². The number of imidazole rings is 1. The first-order chi connectivity index (χ1) is 20.8. The molecule has 0 radical (unpaired) electrons. The topological polar surface area (TPSA) is 154 Å². The molecule has 6 rings (SSSR count). The normalized spacial score (nSPS) is 12.0. The quantitative estimate of drug-likeness (QED) is 0.180. The lowest BCUT2D eigenvalue weighted by Crippen LogP contribution is -2.31. The second-order valence-corrected chi connectivity index (χ2v) is 10.7. The molecule has 3 aromatic carbocycles. The Kier molecular flexibility index (Phi) is 7.91. The number of fused-ring (bicyclic) bond motifs is 1. The van der Waals surface area contributed by atoms with Gasteiger partial charge < -0.3 is 20.4 Å². The predicted molar refractivity (Wildman–Crippen MR) is 162 cm³/mol. The van der Waals surface area contributed by atoms with Gasteiger partial charge in [-0.1, -0.05) is 59.6 Å². The molecule has 43 heavy (non-hydrogen) atoms. The van der Waals surface area contributed by atoms with Crippen LogP contribution >= 0.6 is 23.2 Å². The smallest absolute Gasteiger partial charge is 0.252 e. The number of aromatic amines is 2. The fraction of sp³-hybridized carbons (Fsp3) is 0.133. The van der Waals surface area contributed by atoms with Crippen LogP contribution in [0.15, 0.2) is 83.9 Å². The fourth-order valence-electron chi connectivity index (χ4n) is 4.94. The fourth-order valence-corrected chi connectivity index (χ4v) is 5.38. The lowest BCUT2D eigenvalue weighted by molar-refractivity contribution is -0.121. The minimum absolute atomic E-state index is 0.148. The number of hydrogen-bond donors (Lipinski definition) is 4. The molecule has 3 aromatic heterocycles. The van der Waals surface area contributed by atoms with Crippen molar-refractivity contribution < 1.29 is 9.90 Å². The molecule has 1 amide bonds. The molecular weight excluding hydrogens is 591 g/mol. The van der Waals surface area contributed by atoms with Crippen LogP contribution in [-0.4, -0.2) is 46.2 Å². The monoisotopic (exact) mass is 614 g/mol. The summed E-state index contributed by atoms with van der Waals surface area (Å²) in [5.74, 6) is 0.127. The van der Waals surface area contributed by atoms with Gasteiger partial charge in [-0.15, -0.1) is 5.10 Å². The van der Waals surface area contributed by atoms with E-state index in [-0.39, 0.29) is 23.2 Å². The van der Waals surface area contributed by atoms with Crippen LogP contribution in [0.3, 0.4) is 0 Å². The highest BCUT2D eigenvalue weighted by molar-refractivity contribution is 6.32. The van der Waals surface area contributed by atoms with Gasteiger partial charge in [0.2, 0.25) is 5.91 Å². The van der Waals surface area contributed by atoms with Crippen LogP contribution in [0.25, 0.3) is 27.8 Å². The molecule has 1 unspecified atom stereocenters. The van der Waals surface area contributed by atoms with Crippen LogP contribution in [0, 0.1) is 0 Å². The Morgan fingerprint density at radius 3 is 2.65 bits per heavy atom. The van der Waals surface area contributed by atoms with E-state index in [1.165, 1.54) is 11.0 Å². The number of tetrazole rings is 1. The largest absolute Gasteiger partial charge is 0.507 e. The average molecular weight is 615 g/mol. The number of aromatic nitrogens is 7. The van der Waals surface area contributed by atoms with E-state index in [2.05, 4.69) is 30.8 Å². The van der Waals surface area contributed by atoms with Gasteiger partial charge in [-0.2, -0.15) is 0 Å². The van der Waals surface area contributed by atoms with E-state index in [1.54, 1.807) is 36.4 Å². The molecule has 0 aliphatic heterocycles. The van der Waals surface area contributed by atoms with Crippen molar-refractivity contribution in [2.24, 2.45) is 0 Å². The number of amides is 1. The third-order valence-corrected chi connectivity index (χ3v) is 7.49. The minimum Gasteiger partial charge on any atom is -0.507 e. The predicted octanol–water partition coefficient (Wildman–Crippen LogP) is 4.94. The van der Waals surface area contributed by atoms with Gasteiger partial charge in [-0.25, -0.2) is 9.67 Å². The number of aryl methyl sites for hydroxylation is 1. The standard InChI is InChI=1S/C30H24Cl2N8O3/c31-20-8-10-24(40-16-33-38-39-40)18(13-20)7-11-26(42)35-23(12-17-4-2-1-3-5-17)30-36-28(29(32)37-30)19-6-9-22-21(14-19)25(41)15-27(43)34-22/h1-6,8-10,13-16,23H,7,11-12H2,(H,35,42)(H,36,37)(H2,34,41,43). The number of nitrogens with one attached hydrogen (secondary N) is 3. The SMILES string of the molecule is O=C(CCc1cc(Cl)ccc1-n1cnnn1)NC(Cc1ccccc1)c1nc(-c2ccc3[nH]c(=O)cc(O)c3c2)c(Cl)[nH]1. The molecule has 216 valence electrons. The molecule has 11 nitrogen and oxygen atoms in total. The molecule has 6 aromatic rings. The number of rotatable bonds is 9. The van der Waals surface area contributed by atoms with Crippen molar-refractivity contribution in [2.75, 3.05) is 0 Å². The number of carbonyl (C=O) groups is 1. The molecule has 0 fully saturated rings. The Hall–Kier alpha value is -5.00. The molecule has 0 bridgehead atoms. The number of hydrogen-bond acceptors (Lipinski definition) is 7. The maximum Gasteiger partial charge on any atom is 0.252 e. The highest BCUT2D eigenvalue weighted by atomic mass is 35.5. The van der Waals surface area contributed by atoms with Crippen molar-refractivity contribution in [1.82, 2.24) is 40.5 Å². The molecule has 0 aliphatic carbocycles. The van der Waals surface area contributed by atoms with E-state index in [9.17, 15) is 14.7 Å². The number of pyridine rings is 1. The lowest BCUT2D eigenvalue weighted by atomic mass is 10.0. The van der Waals surface area contributed by atoms with Gasteiger partial charge in [0.05, 0.1) is 17.2 Å². The van der Waals surface area contributed by atoms with Crippen LogP contribution in [-0.2, 0) is 17.6 Å². The summed E-state index contributed by atoms with van der Waals surface area (Å²) in [6.07, 6.45) is 2.51. The third-order valence-electron chi connectivity index (χ3n) is 6.98. The zero-order chi connectivity index (χ0) is 29.9. The Bertz CT molecular complexity index is 1970. The zero-order valence-electron chi connectivity index (χ0n) is 22.5. The van der Waals surface area contributed by atoms with Crippen molar-refractivity contribution in [3.63, 3.8) is 0 Å². The van der Waals surface area contributed by atoms with Crippen LogP contribution in [0.4, 0.5) is 0 Å². The van der Waals surface area contributed by atoms with E-state index in [0.29, 0.717) is 45.8 Å². The summed E-state index contributed by atoms with van der Waals surface area (Å²) >= 11 is 12.9. The highest BCUT2D eigenvalue weighted by Gasteiger charge is 2.22. The van der Waals surface area contributed by atoms with Gasteiger partial charge in [0.25, 0.3) is 5.56 Å². The summed E-state index contributed by atoms with van der Waals surface area (Å²) in [4.78, 5) is 35.6. The molecular formula is C30H24Cl2N8O3. The van der Waals surface area contributed by atoms with Crippen LogP contribution in [0.1, 0.15) is 29.4 Å². The molecule has 0 saturated carbocycles. The van der Waals surface area contributed by atoms with Crippen molar-refractivity contribution in [1.29, 1.82) is 0 Å². The van der Waals surface area contributed by atoms with Gasteiger partial charge in [-0.3, -0.25) is 9.59 Å². The maximum atomic E-state index is 13.3. The summed E-state index contributed by atoms with van der Waals surface area (Å²) in [5.41, 5.74) is 3.70. The minimum atomic E-state index is -0.523. The van der Waals surface area contributed by atoms with Crippen molar-refractivity contribution >= 4 is 40.0 Å². The second kappa shape index (κ2) is 12.1. The Morgan fingerprint density at radius 1 is 1.02 bits per heavy atom. The summed E-state index contributed by atoms with van der Waals surface area (Å²) in [6, 6.07) is 20.8. The number of H-pyrrole nitrogens is 2. The molecule has 0 saturated heterocycles. The Morgan fingerprint density at radius 2 is 1.86 bits per heavy atom. The van der Waals surface area contributed by atoms with Gasteiger partial charge in [-0.05, 0) is 64.7 Å². The molecule has 1 atom stereocenters.